The number of imide groups is 1. The van der Waals surface area contributed by atoms with Crippen molar-refractivity contribution < 1.29 is 65.3 Å². The zero-order valence-electron chi connectivity index (χ0n) is 29.6. The number of alkyl halides is 6. The van der Waals surface area contributed by atoms with Crippen molar-refractivity contribution in [3.05, 3.63) is 53.9 Å². The van der Waals surface area contributed by atoms with Gasteiger partial charge in [-0.25, -0.2) is 19.3 Å². The number of anilines is 2. The smallest absolute Gasteiger partial charge is 0.475 e. The van der Waals surface area contributed by atoms with Gasteiger partial charge in [-0.1, -0.05) is 19.9 Å². The van der Waals surface area contributed by atoms with Crippen molar-refractivity contribution >= 4 is 47.1 Å². The Bertz CT molecular complexity index is 1550. The number of halogens is 6. The summed E-state index contributed by atoms with van der Waals surface area (Å²) in [5, 5.41) is 20.4. The fraction of sp³-hybridized carbons (Fsp3) is 0.469. The van der Waals surface area contributed by atoms with Gasteiger partial charge in [0, 0.05) is 37.1 Å². The van der Waals surface area contributed by atoms with Crippen LogP contribution in [0.15, 0.2) is 42.7 Å². The van der Waals surface area contributed by atoms with Gasteiger partial charge in [0.15, 0.2) is 0 Å². The topological polar surface area (TPSA) is 212 Å². The summed E-state index contributed by atoms with van der Waals surface area (Å²) in [7, 11) is 0. The Balaban J connectivity index is 0.00000119. The maximum atomic E-state index is 13.4. The zero-order valence-corrected chi connectivity index (χ0v) is 29.6. The third kappa shape index (κ3) is 15.7. The van der Waals surface area contributed by atoms with Crippen molar-refractivity contribution in [3.8, 4) is 0 Å². The normalized spacial score (nSPS) is 13.9. The summed E-state index contributed by atoms with van der Waals surface area (Å²) in [6.45, 7) is 15.3. The summed E-state index contributed by atoms with van der Waals surface area (Å²) in [6, 6.07) is 8.61. The van der Waals surface area contributed by atoms with E-state index in [-0.39, 0.29) is 35.7 Å². The maximum absolute atomic E-state index is 13.4. The van der Waals surface area contributed by atoms with Crippen LogP contribution in [0.25, 0.3) is 0 Å². The lowest BCUT2D eigenvalue weighted by molar-refractivity contribution is -0.193. The van der Waals surface area contributed by atoms with Crippen LogP contribution >= 0.6 is 0 Å². The summed E-state index contributed by atoms with van der Waals surface area (Å²) in [5.41, 5.74) is 6.11. The number of hydrogen-bond acceptors (Lipinski definition) is 8. The Labute approximate surface area is 295 Å². The van der Waals surface area contributed by atoms with Gasteiger partial charge in [-0.05, 0) is 75.9 Å². The molecule has 0 bridgehead atoms. The minimum Gasteiger partial charge on any atom is -0.475 e. The van der Waals surface area contributed by atoms with Crippen LogP contribution in [-0.2, 0) is 30.5 Å². The molecule has 0 aliphatic carbocycles. The first-order valence-corrected chi connectivity index (χ1v) is 15.0. The first kappa shape index (κ1) is 46.7. The predicted molar refractivity (Wildman–Crippen MR) is 176 cm³/mol. The van der Waals surface area contributed by atoms with E-state index in [9.17, 15) is 45.5 Å². The van der Waals surface area contributed by atoms with E-state index in [4.69, 9.17) is 19.8 Å². The summed E-state index contributed by atoms with van der Waals surface area (Å²) in [4.78, 5) is 73.2. The average Bonchev–Trinajstić information content (AvgIpc) is 3.14. The zero-order chi connectivity index (χ0) is 41.0. The molecule has 1 aromatic heterocycles. The van der Waals surface area contributed by atoms with Gasteiger partial charge < -0.3 is 31.5 Å². The fourth-order valence-electron chi connectivity index (χ4n) is 3.83. The number of primary amides is 1. The molecule has 0 spiro atoms. The number of carbonyl (C=O) groups excluding carboxylic acids is 4. The number of pyridine rings is 1. The van der Waals surface area contributed by atoms with Gasteiger partial charge in [0.2, 0.25) is 11.8 Å². The maximum Gasteiger partial charge on any atom is 0.490 e. The molecular weight excluding hydrogens is 710 g/mol. The van der Waals surface area contributed by atoms with E-state index < -0.39 is 35.9 Å². The summed E-state index contributed by atoms with van der Waals surface area (Å²) < 4.78 is 63.5. The Morgan fingerprint density at radius 3 is 1.73 bits per heavy atom. The van der Waals surface area contributed by atoms with E-state index in [1.54, 1.807) is 43.3 Å². The molecule has 1 saturated heterocycles. The Kier molecular flexibility index (Phi) is 16.9. The van der Waals surface area contributed by atoms with Crippen LogP contribution in [0.2, 0.25) is 0 Å². The number of aliphatic carboxylic acids is 2. The van der Waals surface area contributed by atoms with E-state index in [1.807, 2.05) is 52.8 Å². The van der Waals surface area contributed by atoms with Crippen LogP contribution < -0.4 is 21.3 Å². The molecular formula is C32H42F6N6O8. The Hall–Kier alpha value is -5.27. The standard InChI is InChI=1S/C26H35N5O3.2C2HF3O2.C2H5NO/c1-17(2)20-9-8-19(14-21(20)29-22(32)15-28-25(3,4)5)31-23(33)26(6,7)30(24(31)34)16-18-10-12-27-13-11-18;2*3-2(4,5)1(6)7;1-2(3)4/h8-14,17,28H,15-16H2,1-7H3,(H,29,32);2*(H,6,7);1H3,(H2,3,4). The fourth-order valence-corrected chi connectivity index (χ4v) is 3.83. The highest BCUT2D eigenvalue weighted by atomic mass is 19.4. The highest BCUT2D eigenvalue weighted by molar-refractivity contribution is 6.23. The number of nitrogens with zero attached hydrogens (tertiary/aromatic N) is 3. The van der Waals surface area contributed by atoms with Gasteiger partial charge in [0.25, 0.3) is 5.91 Å². The largest absolute Gasteiger partial charge is 0.490 e. The summed E-state index contributed by atoms with van der Waals surface area (Å²) >= 11 is 0. The van der Waals surface area contributed by atoms with E-state index in [1.165, 1.54) is 11.8 Å². The molecule has 2 heterocycles. The summed E-state index contributed by atoms with van der Waals surface area (Å²) in [6.07, 6.45) is -6.84. The molecule has 1 aliphatic heterocycles. The van der Waals surface area contributed by atoms with Crippen molar-refractivity contribution in [2.24, 2.45) is 5.73 Å². The lowest BCUT2D eigenvalue weighted by Gasteiger charge is -2.27. The molecule has 1 aromatic carbocycles. The van der Waals surface area contributed by atoms with Crippen LogP contribution in [0.4, 0.5) is 42.5 Å². The van der Waals surface area contributed by atoms with Gasteiger partial charge in [-0.15, -0.1) is 0 Å². The first-order valence-electron chi connectivity index (χ1n) is 15.0. The molecule has 14 nitrogen and oxygen atoms in total. The molecule has 5 amide bonds. The quantitative estimate of drug-likeness (QED) is 0.188. The Morgan fingerprint density at radius 1 is 0.904 bits per heavy atom. The van der Waals surface area contributed by atoms with E-state index in [0.29, 0.717) is 17.9 Å². The van der Waals surface area contributed by atoms with Crippen molar-refractivity contribution in [1.29, 1.82) is 0 Å². The monoisotopic (exact) mass is 752 g/mol. The summed E-state index contributed by atoms with van der Waals surface area (Å²) in [5.74, 6) is -6.20. The molecule has 290 valence electrons. The highest BCUT2D eigenvalue weighted by Gasteiger charge is 2.51. The van der Waals surface area contributed by atoms with Gasteiger partial charge in [-0.2, -0.15) is 26.3 Å². The second-order valence-electron chi connectivity index (χ2n) is 12.7. The molecule has 0 saturated carbocycles. The SMILES string of the molecule is CC(C)c1ccc(N2C(=O)N(Cc3ccncc3)C(C)(C)C2=O)cc1NC(=O)CNC(C)(C)C.CC(N)=O.O=C(O)C(F)(F)F.O=C(O)C(F)(F)F. The molecule has 1 fully saturated rings. The number of carbonyl (C=O) groups is 6. The number of carboxylic acid groups (broad SMARTS) is 2. The van der Waals surface area contributed by atoms with Gasteiger partial charge in [0.05, 0.1) is 12.2 Å². The van der Waals surface area contributed by atoms with Crippen LogP contribution in [0.5, 0.6) is 0 Å². The van der Waals surface area contributed by atoms with Gasteiger partial charge in [0.1, 0.15) is 5.54 Å². The van der Waals surface area contributed by atoms with E-state index >= 15 is 0 Å². The van der Waals surface area contributed by atoms with Crippen LogP contribution in [0.1, 0.15) is 72.4 Å². The number of aromatic nitrogens is 1. The molecule has 0 unspecified atom stereocenters. The van der Waals surface area contributed by atoms with Crippen LogP contribution in [-0.4, -0.2) is 85.8 Å². The number of nitrogens with two attached hydrogens (primary N) is 1. The molecule has 3 rings (SSSR count). The van der Waals surface area contributed by atoms with Crippen molar-refractivity contribution in [3.63, 3.8) is 0 Å². The number of hydrogen-bond donors (Lipinski definition) is 5. The van der Waals surface area contributed by atoms with E-state index in [0.717, 1.165) is 11.1 Å². The Morgan fingerprint density at radius 2 is 1.35 bits per heavy atom. The number of benzene rings is 1. The number of carboxylic acids is 2. The second kappa shape index (κ2) is 18.8. The van der Waals surface area contributed by atoms with Crippen LogP contribution in [0, 0.1) is 0 Å². The molecule has 52 heavy (non-hydrogen) atoms. The van der Waals surface area contributed by atoms with Crippen LogP contribution in [0.3, 0.4) is 0 Å². The highest BCUT2D eigenvalue weighted by Crippen LogP contribution is 2.36. The molecule has 20 heteroatoms. The average molecular weight is 753 g/mol. The number of nitrogens with one attached hydrogen (secondary N) is 2. The van der Waals surface area contributed by atoms with Crippen molar-refractivity contribution in [2.45, 2.75) is 91.3 Å². The molecule has 2 aromatic rings. The predicted octanol–water partition coefficient (Wildman–Crippen LogP) is 5.04. The third-order valence-corrected chi connectivity index (χ3v) is 6.37. The van der Waals surface area contributed by atoms with Crippen molar-refractivity contribution in [2.75, 3.05) is 16.8 Å². The molecule has 1 aliphatic rings. The van der Waals surface area contributed by atoms with Gasteiger partial charge >= 0.3 is 30.3 Å². The lowest BCUT2D eigenvalue weighted by atomic mass is 9.99. The minimum atomic E-state index is -5.08. The second-order valence-corrected chi connectivity index (χ2v) is 12.7. The number of rotatable bonds is 7. The van der Waals surface area contributed by atoms with Crippen molar-refractivity contribution in [1.82, 2.24) is 15.2 Å². The molecule has 6 N–H and O–H groups in total. The minimum absolute atomic E-state index is 0.143. The lowest BCUT2D eigenvalue weighted by Crippen LogP contribution is -2.43. The molecule has 0 atom stereocenters. The third-order valence-electron chi connectivity index (χ3n) is 6.37. The number of amides is 5. The van der Waals surface area contributed by atoms with E-state index in [2.05, 4.69) is 21.4 Å². The molecule has 0 radical (unpaired) electrons. The van der Waals surface area contributed by atoms with Gasteiger partial charge in [-0.3, -0.25) is 19.4 Å². The number of urea groups is 1. The first-order chi connectivity index (χ1) is 23.4.